The highest BCUT2D eigenvalue weighted by molar-refractivity contribution is 6.31. The molecule has 0 aliphatic carbocycles. The Kier molecular flexibility index (Phi) is 9.23. The third kappa shape index (κ3) is 7.21. The molecular weight excluding hydrogens is 324 g/mol. The largest absolute Gasteiger partial charge is 0.357 e. The first-order chi connectivity index (χ1) is 11.5. The van der Waals surface area contributed by atoms with Gasteiger partial charge >= 0.3 is 0 Å². The first-order valence-corrected chi connectivity index (χ1v) is 8.87. The van der Waals surface area contributed by atoms with E-state index in [0.29, 0.717) is 19.5 Å². The van der Waals surface area contributed by atoms with Gasteiger partial charge in [0.05, 0.1) is 6.54 Å². The molecule has 0 saturated heterocycles. The van der Waals surface area contributed by atoms with Gasteiger partial charge < -0.3 is 15.5 Å². The standard InChI is InChI=1S/C18H29ClN4O/c1-5-14(3)22-17(24)11-12-21-18(20-6-2)23(4)13-15-9-7-8-10-16(15)19/h7-10,14H,5-6,11-13H2,1-4H3,(H,20,21)(H,22,24). The molecule has 1 atom stereocenters. The normalized spacial score (nSPS) is 12.6. The Morgan fingerprint density at radius 2 is 2.04 bits per heavy atom. The lowest BCUT2D eigenvalue weighted by Crippen LogP contribution is -2.39. The fraction of sp³-hybridized carbons (Fsp3) is 0.556. The zero-order valence-electron chi connectivity index (χ0n) is 15.1. The van der Waals surface area contributed by atoms with Crippen LogP contribution in [0.25, 0.3) is 0 Å². The number of aliphatic imine (C=N–C) groups is 1. The minimum atomic E-state index is 0.0395. The van der Waals surface area contributed by atoms with Crippen LogP contribution in [0.4, 0.5) is 0 Å². The van der Waals surface area contributed by atoms with Crippen molar-refractivity contribution in [3.05, 3.63) is 34.9 Å². The van der Waals surface area contributed by atoms with E-state index in [4.69, 9.17) is 11.6 Å². The van der Waals surface area contributed by atoms with Crippen molar-refractivity contribution in [2.45, 2.75) is 46.2 Å². The molecule has 2 N–H and O–H groups in total. The van der Waals surface area contributed by atoms with E-state index in [1.807, 2.05) is 50.1 Å². The molecule has 5 nitrogen and oxygen atoms in total. The summed E-state index contributed by atoms with van der Waals surface area (Å²) < 4.78 is 0. The Hall–Kier alpha value is -1.75. The second kappa shape index (κ2) is 10.9. The predicted octanol–water partition coefficient (Wildman–Crippen LogP) is 3.04. The molecule has 134 valence electrons. The van der Waals surface area contributed by atoms with Crippen molar-refractivity contribution < 1.29 is 4.79 Å². The van der Waals surface area contributed by atoms with Crippen molar-refractivity contribution in [1.29, 1.82) is 0 Å². The lowest BCUT2D eigenvalue weighted by molar-refractivity contribution is -0.121. The van der Waals surface area contributed by atoms with Crippen LogP contribution in [0.1, 0.15) is 39.2 Å². The van der Waals surface area contributed by atoms with Gasteiger partial charge in [0.2, 0.25) is 5.91 Å². The van der Waals surface area contributed by atoms with Crippen LogP contribution in [0.2, 0.25) is 5.02 Å². The van der Waals surface area contributed by atoms with Crippen LogP contribution in [0.3, 0.4) is 0 Å². The number of hydrogen-bond donors (Lipinski definition) is 2. The van der Waals surface area contributed by atoms with Crippen LogP contribution in [-0.2, 0) is 11.3 Å². The fourth-order valence-electron chi connectivity index (χ4n) is 2.14. The van der Waals surface area contributed by atoms with E-state index >= 15 is 0 Å². The zero-order chi connectivity index (χ0) is 17.9. The lowest BCUT2D eigenvalue weighted by Gasteiger charge is -2.22. The van der Waals surface area contributed by atoms with Crippen molar-refractivity contribution in [3.63, 3.8) is 0 Å². The molecule has 0 fully saturated rings. The summed E-state index contributed by atoms with van der Waals surface area (Å²) in [5.74, 6) is 0.812. The average molecular weight is 353 g/mol. The molecule has 0 heterocycles. The van der Waals surface area contributed by atoms with Crippen LogP contribution in [0, 0.1) is 0 Å². The first kappa shape index (κ1) is 20.3. The second-order valence-corrected chi connectivity index (χ2v) is 6.22. The van der Waals surface area contributed by atoms with Gasteiger partial charge in [-0.05, 0) is 31.9 Å². The van der Waals surface area contributed by atoms with Crippen molar-refractivity contribution in [3.8, 4) is 0 Å². The highest BCUT2D eigenvalue weighted by atomic mass is 35.5. The van der Waals surface area contributed by atoms with Crippen molar-refractivity contribution >= 4 is 23.5 Å². The van der Waals surface area contributed by atoms with E-state index < -0.39 is 0 Å². The molecule has 0 aliphatic heterocycles. The maximum Gasteiger partial charge on any atom is 0.222 e. The highest BCUT2D eigenvalue weighted by Gasteiger charge is 2.09. The number of halogens is 1. The van der Waals surface area contributed by atoms with Crippen LogP contribution >= 0.6 is 11.6 Å². The molecule has 0 saturated carbocycles. The summed E-state index contributed by atoms with van der Waals surface area (Å²) in [7, 11) is 1.96. The number of rotatable bonds is 8. The maximum absolute atomic E-state index is 11.8. The van der Waals surface area contributed by atoms with E-state index in [0.717, 1.165) is 29.5 Å². The summed E-state index contributed by atoms with van der Waals surface area (Å²) >= 11 is 6.22. The summed E-state index contributed by atoms with van der Waals surface area (Å²) in [5, 5.41) is 6.94. The molecular formula is C18H29ClN4O. The second-order valence-electron chi connectivity index (χ2n) is 5.81. The Labute approximate surface area is 150 Å². The van der Waals surface area contributed by atoms with Gasteiger partial charge in [-0.1, -0.05) is 36.7 Å². The van der Waals surface area contributed by atoms with E-state index in [-0.39, 0.29) is 11.9 Å². The number of nitrogens with zero attached hydrogens (tertiary/aromatic N) is 2. The Morgan fingerprint density at radius 1 is 1.33 bits per heavy atom. The van der Waals surface area contributed by atoms with Gasteiger partial charge in [-0.25, -0.2) is 0 Å². The van der Waals surface area contributed by atoms with E-state index in [1.54, 1.807) is 0 Å². The molecule has 0 aliphatic rings. The topological polar surface area (TPSA) is 56.7 Å². The number of nitrogens with one attached hydrogen (secondary N) is 2. The lowest BCUT2D eigenvalue weighted by atomic mass is 10.2. The molecule has 0 aromatic heterocycles. The zero-order valence-corrected chi connectivity index (χ0v) is 15.9. The SMILES string of the molecule is CCNC(=NCCC(=O)NC(C)CC)N(C)Cc1ccccc1Cl. The number of hydrogen-bond acceptors (Lipinski definition) is 2. The average Bonchev–Trinajstić information content (AvgIpc) is 2.55. The Bertz CT molecular complexity index is 548. The van der Waals surface area contributed by atoms with Gasteiger partial charge in [-0.3, -0.25) is 9.79 Å². The van der Waals surface area contributed by atoms with E-state index in [2.05, 4.69) is 22.5 Å². The Balaban J connectivity index is 2.61. The third-order valence-electron chi connectivity index (χ3n) is 3.68. The molecule has 0 radical (unpaired) electrons. The summed E-state index contributed by atoms with van der Waals surface area (Å²) in [4.78, 5) is 18.4. The maximum atomic E-state index is 11.8. The summed E-state index contributed by atoms with van der Waals surface area (Å²) in [6.07, 6.45) is 1.32. The highest BCUT2D eigenvalue weighted by Crippen LogP contribution is 2.16. The van der Waals surface area contributed by atoms with Crippen LogP contribution < -0.4 is 10.6 Å². The number of benzene rings is 1. The van der Waals surface area contributed by atoms with Gasteiger partial charge in [-0.15, -0.1) is 0 Å². The molecule has 6 heteroatoms. The van der Waals surface area contributed by atoms with Gasteiger partial charge in [0, 0.05) is 37.6 Å². The molecule has 1 aromatic rings. The molecule has 1 aromatic carbocycles. The monoisotopic (exact) mass is 352 g/mol. The third-order valence-corrected chi connectivity index (χ3v) is 4.05. The summed E-state index contributed by atoms with van der Waals surface area (Å²) in [5.41, 5.74) is 1.04. The van der Waals surface area contributed by atoms with Gasteiger partial charge in [0.25, 0.3) is 0 Å². The van der Waals surface area contributed by atoms with Crippen LogP contribution in [0.15, 0.2) is 29.3 Å². The molecule has 24 heavy (non-hydrogen) atoms. The van der Waals surface area contributed by atoms with Gasteiger partial charge in [-0.2, -0.15) is 0 Å². The number of amides is 1. The van der Waals surface area contributed by atoms with Crippen molar-refractivity contribution in [2.75, 3.05) is 20.1 Å². The molecule has 1 unspecified atom stereocenters. The quantitative estimate of drug-likeness (QED) is 0.558. The summed E-state index contributed by atoms with van der Waals surface area (Å²) in [6.45, 7) is 7.96. The predicted molar refractivity (Wildman–Crippen MR) is 101 cm³/mol. The Morgan fingerprint density at radius 3 is 2.67 bits per heavy atom. The molecule has 0 spiro atoms. The molecule has 1 rings (SSSR count). The van der Waals surface area contributed by atoms with E-state index in [1.165, 1.54) is 0 Å². The van der Waals surface area contributed by atoms with Gasteiger partial charge in [0.15, 0.2) is 5.96 Å². The first-order valence-electron chi connectivity index (χ1n) is 8.50. The van der Waals surface area contributed by atoms with Crippen molar-refractivity contribution in [1.82, 2.24) is 15.5 Å². The van der Waals surface area contributed by atoms with Crippen LogP contribution in [-0.4, -0.2) is 42.9 Å². The summed E-state index contributed by atoms with van der Waals surface area (Å²) in [6, 6.07) is 7.98. The molecule has 1 amide bonds. The van der Waals surface area contributed by atoms with Crippen molar-refractivity contribution in [2.24, 2.45) is 4.99 Å². The number of guanidine groups is 1. The minimum absolute atomic E-state index is 0.0395. The number of carbonyl (C=O) groups excluding carboxylic acids is 1. The minimum Gasteiger partial charge on any atom is -0.357 e. The smallest absolute Gasteiger partial charge is 0.222 e. The molecule has 0 bridgehead atoms. The fourth-order valence-corrected chi connectivity index (χ4v) is 2.33. The van der Waals surface area contributed by atoms with E-state index in [9.17, 15) is 4.79 Å². The van der Waals surface area contributed by atoms with Gasteiger partial charge in [0.1, 0.15) is 0 Å². The number of carbonyl (C=O) groups is 1. The van der Waals surface area contributed by atoms with Crippen LogP contribution in [0.5, 0.6) is 0 Å².